The number of hydrogen-bond acceptors (Lipinski definition) is 2. The van der Waals surface area contributed by atoms with Crippen LogP contribution in [0, 0.1) is 0 Å². The summed E-state index contributed by atoms with van der Waals surface area (Å²) in [5.41, 5.74) is 1.23. The van der Waals surface area contributed by atoms with Crippen molar-refractivity contribution in [2.45, 2.75) is 31.9 Å². The summed E-state index contributed by atoms with van der Waals surface area (Å²) in [4.78, 5) is 2.31. The van der Waals surface area contributed by atoms with Crippen molar-refractivity contribution in [1.29, 1.82) is 0 Å². The standard InChI is InChI=1S/C12H17NO/c1-2-11-12(14)8-9-13(11)10-6-4-3-5-7-10/h3-7,11-12,14H,2,8-9H2,1H3. The van der Waals surface area contributed by atoms with Gasteiger partial charge in [-0.15, -0.1) is 0 Å². The minimum Gasteiger partial charge on any atom is -0.391 e. The minimum atomic E-state index is -0.153. The molecule has 2 heteroatoms. The quantitative estimate of drug-likeness (QED) is 0.773. The van der Waals surface area contributed by atoms with E-state index >= 15 is 0 Å². The van der Waals surface area contributed by atoms with E-state index in [9.17, 15) is 5.11 Å². The molecule has 0 aromatic heterocycles. The van der Waals surface area contributed by atoms with E-state index in [0.717, 1.165) is 19.4 Å². The molecule has 2 rings (SSSR count). The zero-order chi connectivity index (χ0) is 9.97. The van der Waals surface area contributed by atoms with Crippen LogP contribution in [-0.2, 0) is 0 Å². The number of rotatable bonds is 2. The Balaban J connectivity index is 2.19. The van der Waals surface area contributed by atoms with Crippen molar-refractivity contribution in [1.82, 2.24) is 0 Å². The van der Waals surface area contributed by atoms with Gasteiger partial charge in [0.25, 0.3) is 0 Å². The van der Waals surface area contributed by atoms with Crippen molar-refractivity contribution in [3.63, 3.8) is 0 Å². The van der Waals surface area contributed by atoms with Crippen LogP contribution in [0.2, 0.25) is 0 Å². The molecule has 2 atom stereocenters. The summed E-state index contributed by atoms with van der Waals surface area (Å²) in [5.74, 6) is 0. The number of nitrogens with zero attached hydrogens (tertiary/aromatic N) is 1. The molecular weight excluding hydrogens is 174 g/mol. The molecule has 1 aliphatic rings. The third-order valence-electron chi connectivity index (χ3n) is 3.02. The van der Waals surface area contributed by atoms with Crippen LogP contribution in [0.4, 0.5) is 5.69 Å². The fraction of sp³-hybridized carbons (Fsp3) is 0.500. The van der Waals surface area contributed by atoms with Crippen LogP contribution in [0.25, 0.3) is 0 Å². The van der Waals surface area contributed by atoms with Crippen LogP contribution in [0.1, 0.15) is 19.8 Å². The van der Waals surface area contributed by atoms with Crippen molar-refractivity contribution in [2.75, 3.05) is 11.4 Å². The lowest BCUT2D eigenvalue weighted by Crippen LogP contribution is -2.34. The van der Waals surface area contributed by atoms with Crippen LogP contribution < -0.4 is 4.90 Å². The molecule has 0 saturated carbocycles. The number of aliphatic hydroxyl groups is 1. The Bertz CT molecular complexity index is 286. The molecule has 0 spiro atoms. The van der Waals surface area contributed by atoms with E-state index < -0.39 is 0 Å². The molecular formula is C12H17NO. The second kappa shape index (κ2) is 4.01. The highest BCUT2D eigenvalue weighted by Gasteiger charge is 2.30. The Hall–Kier alpha value is -1.02. The van der Waals surface area contributed by atoms with E-state index in [0.29, 0.717) is 6.04 Å². The molecule has 2 unspecified atom stereocenters. The van der Waals surface area contributed by atoms with Gasteiger partial charge in [-0.1, -0.05) is 25.1 Å². The molecule has 0 radical (unpaired) electrons. The smallest absolute Gasteiger partial charge is 0.0760 e. The molecule has 1 heterocycles. The van der Waals surface area contributed by atoms with Gasteiger partial charge in [-0.25, -0.2) is 0 Å². The van der Waals surface area contributed by atoms with Gasteiger partial charge in [-0.3, -0.25) is 0 Å². The van der Waals surface area contributed by atoms with Crippen molar-refractivity contribution >= 4 is 5.69 Å². The molecule has 1 saturated heterocycles. The zero-order valence-electron chi connectivity index (χ0n) is 8.56. The van der Waals surface area contributed by atoms with E-state index in [1.807, 2.05) is 18.2 Å². The van der Waals surface area contributed by atoms with E-state index in [-0.39, 0.29) is 6.10 Å². The molecule has 0 amide bonds. The highest BCUT2D eigenvalue weighted by atomic mass is 16.3. The maximum Gasteiger partial charge on any atom is 0.0760 e. The number of para-hydroxylation sites is 1. The van der Waals surface area contributed by atoms with Crippen LogP contribution in [0.3, 0.4) is 0 Å². The average Bonchev–Trinajstić information content (AvgIpc) is 2.61. The third-order valence-corrected chi connectivity index (χ3v) is 3.02. The predicted octanol–water partition coefficient (Wildman–Crippen LogP) is 2.04. The van der Waals surface area contributed by atoms with Crippen molar-refractivity contribution in [2.24, 2.45) is 0 Å². The number of anilines is 1. The summed E-state index contributed by atoms with van der Waals surface area (Å²) in [7, 11) is 0. The summed E-state index contributed by atoms with van der Waals surface area (Å²) in [6.07, 6.45) is 1.75. The monoisotopic (exact) mass is 191 g/mol. The van der Waals surface area contributed by atoms with Gasteiger partial charge < -0.3 is 10.0 Å². The van der Waals surface area contributed by atoms with Gasteiger partial charge in [0.05, 0.1) is 12.1 Å². The fourth-order valence-corrected chi connectivity index (χ4v) is 2.27. The highest BCUT2D eigenvalue weighted by molar-refractivity contribution is 5.48. The first-order valence-corrected chi connectivity index (χ1v) is 5.32. The normalized spacial score (nSPS) is 26.9. The van der Waals surface area contributed by atoms with Gasteiger partial charge in [0.15, 0.2) is 0 Å². The summed E-state index contributed by atoms with van der Waals surface area (Å²) < 4.78 is 0. The topological polar surface area (TPSA) is 23.5 Å². The van der Waals surface area contributed by atoms with Crippen LogP contribution in [0.15, 0.2) is 30.3 Å². The number of hydrogen-bond donors (Lipinski definition) is 1. The van der Waals surface area contributed by atoms with E-state index in [1.54, 1.807) is 0 Å². The largest absolute Gasteiger partial charge is 0.391 e. The van der Waals surface area contributed by atoms with Crippen molar-refractivity contribution in [3.05, 3.63) is 30.3 Å². The SMILES string of the molecule is CCC1C(O)CCN1c1ccccc1. The van der Waals surface area contributed by atoms with E-state index in [2.05, 4.69) is 24.0 Å². The molecule has 76 valence electrons. The Morgan fingerprint density at radius 1 is 1.36 bits per heavy atom. The van der Waals surface area contributed by atoms with Gasteiger partial charge >= 0.3 is 0 Å². The van der Waals surface area contributed by atoms with Crippen molar-refractivity contribution < 1.29 is 5.11 Å². The van der Waals surface area contributed by atoms with E-state index in [1.165, 1.54) is 5.69 Å². The molecule has 1 N–H and O–H groups in total. The lowest BCUT2D eigenvalue weighted by Gasteiger charge is -2.27. The van der Waals surface area contributed by atoms with Crippen LogP contribution >= 0.6 is 0 Å². The maximum atomic E-state index is 9.78. The third kappa shape index (κ3) is 1.62. The molecule has 1 aliphatic heterocycles. The summed E-state index contributed by atoms with van der Waals surface area (Å²) in [6, 6.07) is 10.6. The Morgan fingerprint density at radius 3 is 2.71 bits per heavy atom. The molecule has 14 heavy (non-hydrogen) atoms. The molecule has 0 aliphatic carbocycles. The molecule has 0 bridgehead atoms. The van der Waals surface area contributed by atoms with Gasteiger partial charge in [0, 0.05) is 12.2 Å². The molecule has 1 fully saturated rings. The second-order valence-corrected chi connectivity index (χ2v) is 3.86. The predicted molar refractivity (Wildman–Crippen MR) is 58.5 cm³/mol. The maximum absolute atomic E-state index is 9.78. The van der Waals surface area contributed by atoms with Crippen LogP contribution in [-0.4, -0.2) is 23.8 Å². The van der Waals surface area contributed by atoms with E-state index in [4.69, 9.17) is 0 Å². The minimum absolute atomic E-state index is 0.153. The molecule has 2 nitrogen and oxygen atoms in total. The second-order valence-electron chi connectivity index (χ2n) is 3.86. The highest BCUT2D eigenvalue weighted by Crippen LogP contribution is 2.26. The fourth-order valence-electron chi connectivity index (χ4n) is 2.27. The zero-order valence-corrected chi connectivity index (χ0v) is 8.56. The number of benzene rings is 1. The lowest BCUT2D eigenvalue weighted by molar-refractivity contribution is 0.162. The van der Waals surface area contributed by atoms with Gasteiger partial charge in [0.2, 0.25) is 0 Å². The summed E-state index contributed by atoms with van der Waals surface area (Å²) in [6.45, 7) is 3.11. The average molecular weight is 191 g/mol. The Labute approximate surface area is 85.2 Å². The summed E-state index contributed by atoms with van der Waals surface area (Å²) in [5, 5.41) is 9.78. The first kappa shape index (κ1) is 9.53. The molecule has 1 aromatic rings. The first-order chi connectivity index (χ1) is 6.83. The Kier molecular flexibility index (Phi) is 2.73. The van der Waals surface area contributed by atoms with Gasteiger partial charge in [0.1, 0.15) is 0 Å². The number of aliphatic hydroxyl groups excluding tert-OH is 1. The lowest BCUT2D eigenvalue weighted by atomic mass is 10.1. The van der Waals surface area contributed by atoms with Crippen LogP contribution in [0.5, 0.6) is 0 Å². The Morgan fingerprint density at radius 2 is 2.07 bits per heavy atom. The van der Waals surface area contributed by atoms with Crippen molar-refractivity contribution in [3.8, 4) is 0 Å². The van der Waals surface area contributed by atoms with Gasteiger partial charge in [-0.05, 0) is 25.0 Å². The first-order valence-electron chi connectivity index (χ1n) is 5.32. The molecule has 1 aromatic carbocycles. The summed E-state index contributed by atoms with van der Waals surface area (Å²) >= 11 is 0. The van der Waals surface area contributed by atoms with Gasteiger partial charge in [-0.2, -0.15) is 0 Å².